The van der Waals surface area contributed by atoms with Gasteiger partial charge in [-0.2, -0.15) is 0 Å². The fourth-order valence-electron chi connectivity index (χ4n) is 4.96. The third-order valence-corrected chi connectivity index (χ3v) is 6.41. The van der Waals surface area contributed by atoms with E-state index < -0.39 is 0 Å². The first kappa shape index (κ1) is 11.7. The van der Waals surface area contributed by atoms with Gasteiger partial charge < -0.3 is 14.6 Å². The number of hydrogen-bond acceptors (Lipinski definition) is 3. The van der Waals surface area contributed by atoms with Gasteiger partial charge in [0.05, 0.1) is 23.9 Å². The van der Waals surface area contributed by atoms with Gasteiger partial charge in [-0.05, 0) is 50.4 Å². The highest BCUT2D eigenvalue weighted by Crippen LogP contribution is 2.65. The Kier molecular flexibility index (Phi) is 2.03. The molecule has 4 rings (SSSR count). The van der Waals surface area contributed by atoms with Crippen LogP contribution in [0.25, 0.3) is 0 Å². The summed E-state index contributed by atoms with van der Waals surface area (Å²) in [6, 6.07) is 0. The quantitative estimate of drug-likeness (QED) is 0.726. The first-order valence-corrected chi connectivity index (χ1v) is 7.41. The highest BCUT2D eigenvalue weighted by Gasteiger charge is 2.74. The lowest BCUT2D eigenvalue weighted by molar-refractivity contribution is -0.0607. The number of aliphatic hydroxyl groups excluding tert-OH is 1. The Bertz CT molecular complexity index is 395. The normalized spacial score (nSPS) is 65.0. The molecule has 3 heteroatoms. The van der Waals surface area contributed by atoms with E-state index in [2.05, 4.69) is 27.7 Å². The van der Waals surface area contributed by atoms with Gasteiger partial charge in [0.1, 0.15) is 5.60 Å². The molecule has 3 nitrogen and oxygen atoms in total. The van der Waals surface area contributed by atoms with Crippen molar-refractivity contribution in [1.29, 1.82) is 0 Å². The molecular weight excluding hydrogens is 228 g/mol. The summed E-state index contributed by atoms with van der Waals surface area (Å²) < 4.78 is 11.8. The van der Waals surface area contributed by atoms with Gasteiger partial charge in [0.25, 0.3) is 0 Å². The van der Waals surface area contributed by atoms with Gasteiger partial charge in [-0.15, -0.1) is 0 Å². The lowest BCUT2D eigenvalue weighted by Crippen LogP contribution is -2.55. The van der Waals surface area contributed by atoms with E-state index in [0.717, 1.165) is 12.8 Å². The zero-order chi connectivity index (χ0) is 12.9. The second-order valence-corrected chi connectivity index (χ2v) is 7.59. The van der Waals surface area contributed by atoms with Crippen molar-refractivity contribution in [3.8, 4) is 0 Å². The number of aliphatic hydroxyl groups is 1. The Balaban J connectivity index is 1.71. The summed E-state index contributed by atoms with van der Waals surface area (Å²) in [5, 5.41) is 10.8. The molecule has 2 saturated carbocycles. The molecule has 0 aromatic heterocycles. The standard InChI is InChI=1S/C15H24O3/c1-7(2)8-5-10-14(3,17-10)9-6-11-15(4,18-11)13(16)12(8)9/h7-13,16H,5-6H2,1-4H3/t8-,9+,10-,11-,12?,13-,14+,15-/m0/s1. The van der Waals surface area contributed by atoms with Gasteiger partial charge in [0.2, 0.25) is 0 Å². The van der Waals surface area contributed by atoms with Crippen LogP contribution >= 0.6 is 0 Å². The second-order valence-electron chi connectivity index (χ2n) is 7.59. The largest absolute Gasteiger partial charge is 0.390 e. The molecule has 0 aromatic rings. The molecule has 0 spiro atoms. The minimum absolute atomic E-state index is 0.0321. The third kappa shape index (κ3) is 1.21. The van der Waals surface area contributed by atoms with Crippen molar-refractivity contribution in [1.82, 2.24) is 0 Å². The van der Waals surface area contributed by atoms with Crippen molar-refractivity contribution in [3.63, 3.8) is 0 Å². The zero-order valence-corrected chi connectivity index (χ0v) is 11.7. The molecule has 0 aromatic carbocycles. The van der Waals surface area contributed by atoms with Crippen LogP contribution in [0.1, 0.15) is 40.5 Å². The second kappa shape index (κ2) is 3.13. The van der Waals surface area contributed by atoms with Crippen molar-refractivity contribution >= 4 is 0 Å². The molecule has 1 N–H and O–H groups in total. The summed E-state index contributed by atoms with van der Waals surface area (Å²) in [6.45, 7) is 8.88. The Morgan fingerprint density at radius 1 is 1.06 bits per heavy atom. The molecule has 8 atom stereocenters. The topological polar surface area (TPSA) is 45.3 Å². The third-order valence-electron chi connectivity index (χ3n) is 6.41. The molecule has 2 heterocycles. The summed E-state index contributed by atoms with van der Waals surface area (Å²) in [7, 11) is 0. The van der Waals surface area contributed by atoms with Crippen LogP contribution in [0.3, 0.4) is 0 Å². The SMILES string of the molecule is CC(C)[C@@H]1C[C@@H]2O[C@]2(C)[C@@H]2C[C@@H]3O[C@]3(C)[C@@H](O)C12. The Labute approximate surface area is 109 Å². The minimum Gasteiger partial charge on any atom is -0.390 e. The van der Waals surface area contributed by atoms with Gasteiger partial charge in [0.15, 0.2) is 0 Å². The first-order valence-electron chi connectivity index (χ1n) is 7.41. The van der Waals surface area contributed by atoms with Crippen LogP contribution in [0.5, 0.6) is 0 Å². The molecule has 2 aliphatic carbocycles. The van der Waals surface area contributed by atoms with E-state index in [1.807, 2.05) is 0 Å². The summed E-state index contributed by atoms with van der Waals surface area (Å²) in [6.07, 6.45) is 2.58. The maximum Gasteiger partial charge on any atom is 0.118 e. The zero-order valence-electron chi connectivity index (χ0n) is 11.7. The van der Waals surface area contributed by atoms with E-state index in [1.54, 1.807) is 0 Å². The van der Waals surface area contributed by atoms with E-state index in [9.17, 15) is 5.11 Å². The summed E-state index contributed by atoms with van der Waals surface area (Å²) >= 11 is 0. The molecule has 0 bridgehead atoms. The molecule has 4 aliphatic rings. The maximum absolute atomic E-state index is 10.8. The molecule has 2 saturated heterocycles. The van der Waals surface area contributed by atoms with Gasteiger partial charge >= 0.3 is 0 Å². The van der Waals surface area contributed by atoms with Crippen LogP contribution in [-0.4, -0.2) is 34.6 Å². The fourth-order valence-corrected chi connectivity index (χ4v) is 4.96. The van der Waals surface area contributed by atoms with Crippen molar-refractivity contribution in [2.24, 2.45) is 23.7 Å². The van der Waals surface area contributed by atoms with Crippen LogP contribution in [0.2, 0.25) is 0 Å². The Morgan fingerprint density at radius 2 is 1.67 bits per heavy atom. The average molecular weight is 252 g/mol. The number of hydrogen-bond donors (Lipinski definition) is 1. The smallest absolute Gasteiger partial charge is 0.118 e. The van der Waals surface area contributed by atoms with Crippen LogP contribution in [-0.2, 0) is 9.47 Å². The lowest BCUT2D eigenvalue weighted by Gasteiger charge is -2.47. The number of rotatable bonds is 1. The van der Waals surface area contributed by atoms with Gasteiger partial charge in [0, 0.05) is 0 Å². The Hall–Kier alpha value is -0.120. The van der Waals surface area contributed by atoms with Crippen molar-refractivity contribution < 1.29 is 14.6 Å². The van der Waals surface area contributed by atoms with E-state index in [-0.39, 0.29) is 23.4 Å². The number of ether oxygens (including phenoxy) is 2. The molecule has 0 radical (unpaired) electrons. The van der Waals surface area contributed by atoms with Gasteiger partial charge in [-0.1, -0.05) is 13.8 Å². The molecule has 102 valence electrons. The van der Waals surface area contributed by atoms with Crippen LogP contribution < -0.4 is 0 Å². The molecule has 0 amide bonds. The number of fused-ring (bicyclic) bond motifs is 4. The Morgan fingerprint density at radius 3 is 2.33 bits per heavy atom. The minimum atomic E-state index is -0.310. The van der Waals surface area contributed by atoms with Crippen LogP contribution in [0.4, 0.5) is 0 Å². The fraction of sp³-hybridized carbons (Fsp3) is 1.00. The van der Waals surface area contributed by atoms with E-state index in [1.165, 1.54) is 0 Å². The van der Waals surface area contributed by atoms with Gasteiger partial charge in [-0.25, -0.2) is 0 Å². The van der Waals surface area contributed by atoms with E-state index in [4.69, 9.17) is 9.47 Å². The summed E-state index contributed by atoms with van der Waals surface area (Å²) in [4.78, 5) is 0. The summed E-state index contributed by atoms with van der Waals surface area (Å²) in [5.74, 6) is 2.03. The van der Waals surface area contributed by atoms with Crippen LogP contribution in [0, 0.1) is 23.7 Å². The average Bonchev–Trinajstić information content (AvgIpc) is 3.14. The van der Waals surface area contributed by atoms with Crippen molar-refractivity contribution in [3.05, 3.63) is 0 Å². The summed E-state index contributed by atoms with van der Waals surface area (Å²) in [5.41, 5.74) is -0.225. The van der Waals surface area contributed by atoms with Gasteiger partial charge in [-0.3, -0.25) is 0 Å². The predicted octanol–water partition coefficient (Wildman–Crippen LogP) is 1.97. The number of epoxide rings is 2. The molecule has 4 fully saturated rings. The first-order chi connectivity index (χ1) is 8.38. The molecule has 18 heavy (non-hydrogen) atoms. The van der Waals surface area contributed by atoms with E-state index in [0.29, 0.717) is 29.8 Å². The molecule has 2 aliphatic heterocycles. The lowest BCUT2D eigenvalue weighted by atomic mass is 9.56. The maximum atomic E-state index is 10.8. The predicted molar refractivity (Wildman–Crippen MR) is 67.1 cm³/mol. The molecule has 1 unspecified atom stereocenters. The monoisotopic (exact) mass is 252 g/mol. The highest BCUT2D eigenvalue weighted by molar-refractivity contribution is 5.22. The van der Waals surface area contributed by atoms with Crippen molar-refractivity contribution in [2.75, 3.05) is 0 Å². The van der Waals surface area contributed by atoms with Crippen molar-refractivity contribution in [2.45, 2.75) is 70.1 Å². The van der Waals surface area contributed by atoms with Crippen LogP contribution in [0.15, 0.2) is 0 Å². The highest BCUT2D eigenvalue weighted by atomic mass is 16.6. The molecular formula is C15H24O3. The van der Waals surface area contributed by atoms with E-state index >= 15 is 0 Å².